The minimum absolute atomic E-state index is 0.154. The number of hydrogen-bond donors (Lipinski definition) is 2. The van der Waals surface area contributed by atoms with Crippen molar-refractivity contribution in [1.29, 1.82) is 0 Å². The van der Waals surface area contributed by atoms with Crippen molar-refractivity contribution in [3.8, 4) is 0 Å². The van der Waals surface area contributed by atoms with Gasteiger partial charge in [0.05, 0.1) is 9.82 Å². The summed E-state index contributed by atoms with van der Waals surface area (Å²) in [6.07, 6.45) is 2.25. The first-order valence-corrected chi connectivity index (χ1v) is 8.94. The van der Waals surface area contributed by atoms with E-state index in [1.165, 1.54) is 12.4 Å². The third-order valence-corrected chi connectivity index (χ3v) is 4.78. The number of nitro benzene ring substituents is 1. The number of nitrogens with two attached hydrogens (primary N) is 1. The molecule has 26 heavy (non-hydrogen) atoms. The summed E-state index contributed by atoms with van der Waals surface area (Å²) in [7, 11) is 1.75. The molecule has 0 spiro atoms. The minimum Gasteiger partial charge on any atom is -0.348 e. The lowest BCUT2D eigenvalue weighted by Crippen LogP contribution is -2.41. The van der Waals surface area contributed by atoms with Crippen molar-refractivity contribution in [3.63, 3.8) is 0 Å². The normalized spacial score (nSPS) is 12.2. The van der Waals surface area contributed by atoms with Crippen LogP contribution in [0, 0.1) is 16.0 Å². The molecule has 2 rings (SSSR count). The lowest BCUT2D eigenvalue weighted by molar-refractivity contribution is -0.387. The van der Waals surface area contributed by atoms with Gasteiger partial charge in [-0.05, 0) is 36.2 Å². The number of carbonyl (C=O) groups is 1. The van der Waals surface area contributed by atoms with Crippen molar-refractivity contribution in [2.24, 2.45) is 18.7 Å². The van der Waals surface area contributed by atoms with E-state index in [4.69, 9.17) is 5.73 Å². The molecule has 1 heterocycles. The van der Waals surface area contributed by atoms with Crippen molar-refractivity contribution in [3.05, 3.63) is 40.2 Å². The molecule has 9 nitrogen and oxygen atoms in total. The second kappa shape index (κ2) is 8.77. The van der Waals surface area contributed by atoms with Crippen molar-refractivity contribution in [2.75, 3.05) is 6.54 Å². The summed E-state index contributed by atoms with van der Waals surface area (Å²) in [6.45, 7) is 4.39. The molecule has 3 N–H and O–H groups in total. The van der Waals surface area contributed by atoms with Crippen LogP contribution in [0.3, 0.4) is 0 Å². The molecule has 0 saturated heterocycles. The lowest BCUT2D eigenvalue weighted by Gasteiger charge is -2.18. The molecule has 0 aliphatic heterocycles. The van der Waals surface area contributed by atoms with E-state index in [1.54, 1.807) is 23.7 Å². The summed E-state index contributed by atoms with van der Waals surface area (Å²) < 4.78 is 1.66. The van der Waals surface area contributed by atoms with Gasteiger partial charge in [-0.3, -0.25) is 14.9 Å². The fourth-order valence-electron chi connectivity index (χ4n) is 2.40. The molecule has 0 aliphatic rings. The highest BCUT2D eigenvalue weighted by Gasteiger charge is 2.21. The molecular weight excluding hydrogens is 356 g/mol. The molecule has 0 radical (unpaired) electrons. The molecule has 1 aromatic heterocycles. The Morgan fingerprint density at radius 3 is 2.73 bits per heavy atom. The second-order valence-corrected chi connectivity index (χ2v) is 7.31. The van der Waals surface area contributed by atoms with Crippen LogP contribution in [0.25, 0.3) is 0 Å². The largest absolute Gasteiger partial charge is 0.348 e. The highest BCUT2D eigenvalue weighted by atomic mass is 32.2. The summed E-state index contributed by atoms with van der Waals surface area (Å²) in [5, 5.41) is 22.4. The lowest BCUT2D eigenvalue weighted by atomic mass is 10.0. The van der Waals surface area contributed by atoms with Gasteiger partial charge in [-0.25, -0.2) is 0 Å². The molecule has 0 bridgehead atoms. The summed E-state index contributed by atoms with van der Waals surface area (Å²) in [6, 6.07) is 4.21. The van der Waals surface area contributed by atoms with Crippen molar-refractivity contribution in [2.45, 2.75) is 36.4 Å². The molecule has 1 unspecified atom stereocenters. The molecule has 0 saturated carbocycles. The Hall–Kier alpha value is -2.46. The van der Waals surface area contributed by atoms with Crippen LogP contribution >= 0.6 is 11.8 Å². The topological polar surface area (TPSA) is 129 Å². The SMILES string of the molecule is CC(C)CC(CN)NC(=O)c1ccc(Sc2nncn2C)c([N+](=O)[O-])c1. The number of nitrogens with zero attached hydrogens (tertiary/aromatic N) is 4. The third-order valence-electron chi connectivity index (χ3n) is 3.66. The van der Waals surface area contributed by atoms with E-state index in [0.29, 0.717) is 22.5 Å². The van der Waals surface area contributed by atoms with E-state index < -0.39 is 4.92 Å². The highest BCUT2D eigenvalue weighted by Crippen LogP contribution is 2.34. The van der Waals surface area contributed by atoms with Gasteiger partial charge < -0.3 is 15.6 Å². The maximum Gasteiger partial charge on any atom is 0.284 e. The second-order valence-electron chi connectivity index (χ2n) is 6.30. The third kappa shape index (κ3) is 5.02. The number of benzene rings is 1. The molecule has 1 aromatic carbocycles. The first-order valence-electron chi connectivity index (χ1n) is 8.13. The van der Waals surface area contributed by atoms with Crippen LogP contribution in [-0.4, -0.2) is 38.2 Å². The number of aromatic nitrogens is 3. The fourth-order valence-corrected chi connectivity index (χ4v) is 3.25. The Bertz CT molecular complexity index is 792. The van der Waals surface area contributed by atoms with E-state index in [9.17, 15) is 14.9 Å². The Kier molecular flexibility index (Phi) is 6.70. The maximum atomic E-state index is 12.4. The first kappa shape index (κ1) is 19.9. The Morgan fingerprint density at radius 1 is 1.46 bits per heavy atom. The molecule has 140 valence electrons. The van der Waals surface area contributed by atoms with Gasteiger partial charge in [-0.1, -0.05) is 13.8 Å². The number of aryl methyl sites for hydroxylation is 1. The van der Waals surface area contributed by atoms with E-state index in [0.717, 1.165) is 18.2 Å². The molecule has 0 fully saturated rings. The van der Waals surface area contributed by atoms with Crippen LogP contribution in [0.15, 0.2) is 34.6 Å². The van der Waals surface area contributed by atoms with Crippen LogP contribution in [0.2, 0.25) is 0 Å². The van der Waals surface area contributed by atoms with Crippen molar-refractivity contribution < 1.29 is 9.72 Å². The van der Waals surface area contributed by atoms with E-state index in [2.05, 4.69) is 15.5 Å². The molecule has 1 amide bonds. The van der Waals surface area contributed by atoms with E-state index in [1.807, 2.05) is 13.8 Å². The summed E-state index contributed by atoms with van der Waals surface area (Å²) >= 11 is 1.12. The quantitative estimate of drug-likeness (QED) is 0.531. The summed E-state index contributed by atoms with van der Waals surface area (Å²) in [4.78, 5) is 23.7. The Balaban J connectivity index is 2.23. The maximum absolute atomic E-state index is 12.4. The number of hydrogen-bond acceptors (Lipinski definition) is 7. The van der Waals surface area contributed by atoms with Gasteiger partial charge >= 0.3 is 0 Å². The van der Waals surface area contributed by atoms with Crippen LogP contribution in [0.5, 0.6) is 0 Å². The van der Waals surface area contributed by atoms with Gasteiger partial charge in [0.15, 0.2) is 5.16 Å². The number of rotatable bonds is 8. The van der Waals surface area contributed by atoms with Gasteiger partial charge in [0.25, 0.3) is 11.6 Å². The monoisotopic (exact) mass is 378 g/mol. The average molecular weight is 378 g/mol. The van der Waals surface area contributed by atoms with E-state index >= 15 is 0 Å². The summed E-state index contributed by atoms with van der Waals surface area (Å²) in [5.41, 5.74) is 5.77. The summed E-state index contributed by atoms with van der Waals surface area (Å²) in [5.74, 6) is 0.00256. The van der Waals surface area contributed by atoms with Crippen LogP contribution < -0.4 is 11.1 Å². The predicted octanol–water partition coefficient (Wildman–Crippen LogP) is 1.98. The zero-order valence-corrected chi connectivity index (χ0v) is 15.7. The molecule has 0 aliphatic carbocycles. The zero-order valence-electron chi connectivity index (χ0n) is 14.9. The number of nitro groups is 1. The Labute approximate surface area is 155 Å². The first-order chi connectivity index (χ1) is 12.3. The van der Waals surface area contributed by atoms with Crippen LogP contribution in [-0.2, 0) is 7.05 Å². The van der Waals surface area contributed by atoms with Crippen LogP contribution in [0.4, 0.5) is 5.69 Å². The smallest absolute Gasteiger partial charge is 0.284 e. The van der Waals surface area contributed by atoms with Gasteiger partial charge in [0.1, 0.15) is 6.33 Å². The van der Waals surface area contributed by atoms with Gasteiger partial charge in [0.2, 0.25) is 0 Å². The van der Waals surface area contributed by atoms with Gasteiger partial charge in [-0.2, -0.15) is 0 Å². The number of amides is 1. The molecule has 10 heteroatoms. The zero-order chi connectivity index (χ0) is 19.3. The standard InChI is InChI=1S/C16H22N6O3S/c1-10(2)6-12(8-17)19-15(23)11-4-5-14(13(7-11)22(24)25)26-16-20-18-9-21(16)3/h4-5,7,9-10,12H,6,8,17H2,1-3H3,(H,19,23). The minimum atomic E-state index is -0.510. The van der Waals surface area contributed by atoms with E-state index in [-0.39, 0.29) is 23.2 Å². The van der Waals surface area contributed by atoms with Gasteiger partial charge in [0, 0.05) is 31.3 Å². The van der Waals surface area contributed by atoms with Crippen molar-refractivity contribution in [1.82, 2.24) is 20.1 Å². The van der Waals surface area contributed by atoms with Crippen LogP contribution in [0.1, 0.15) is 30.6 Å². The average Bonchev–Trinajstić information content (AvgIpc) is 2.98. The highest BCUT2D eigenvalue weighted by molar-refractivity contribution is 7.99. The fraction of sp³-hybridized carbons (Fsp3) is 0.438. The number of nitrogens with one attached hydrogen (secondary N) is 1. The molecular formula is C16H22N6O3S. The predicted molar refractivity (Wildman–Crippen MR) is 98.0 cm³/mol. The van der Waals surface area contributed by atoms with Crippen molar-refractivity contribution >= 4 is 23.4 Å². The Morgan fingerprint density at radius 2 is 2.19 bits per heavy atom. The molecule has 2 aromatic rings. The molecule has 1 atom stereocenters. The number of carbonyl (C=O) groups excluding carboxylic acids is 1. The van der Waals surface area contributed by atoms with Gasteiger partial charge in [-0.15, -0.1) is 10.2 Å².